The highest BCUT2D eigenvalue weighted by molar-refractivity contribution is 9.10. The van der Waals surface area contributed by atoms with Crippen molar-refractivity contribution >= 4 is 62.3 Å². The second-order valence-corrected chi connectivity index (χ2v) is 7.36. The normalized spacial score (nSPS) is 22.0. The van der Waals surface area contributed by atoms with Crippen LogP contribution in [0.3, 0.4) is 0 Å². The average molecular weight is 440 g/mol. The molecule has 4 rings (SSSR count). The van der Waals surface area contributed by atoms with Gasteiger partial charge in [-0.2, -0.15) is 0 Å². The van der Waals surface area contributed by atoms with E-state index in [0.717, 1.165) is 9.37 Å². The quantitative estimate of drug-likeness (QED) is 0.663. The van der Waals surface area contributed by atoms with Crippen LogP contribution in [0.25, 0.3) is 0 Å². The molecule has 2 amide bonds. The maximum absolute atomic E-state index is 12.9. The van der Waals surface area contributed by atoms with Crippen LogP contribution < -0.4 is 4.90 Å². The SMILES string of the molecule is O=C1C2ON=C(c3ccc(Cl)cc3Cl)C2C(=O)N1c1cccc(Br)c1. The number of fused-ring (bicyclic) bond motifs is 1. The van der Waals surface area contributed by atoms with E-state index in [1.165, 1.54) is 0 Å². The number of benzene rings is 2. The van der Waals surface area contributed by atoms with E-state index in [1.807, 2.05) is 6.07 Å². The molecule has 2 unspecified atom stereocenters. The third-order valence-electron chi connectivity index (χ3n) is 4.09. The van der Waals surface area contributed by atoms with Crippen LogP contribution in [0.5, 0.6) is 0 Å². The Kier molecular flexibility index (Phi) is 4.06. The maximum Gasteiger partial charge on any atom is 0.278 e. The number of rotatable bonds is 2. The lowest BCUT2D eigenvalue weighted by atomic mass is 9.94. The first-order valence-electron chi connectivity index (χ1n) is 7.30. The van der Waals surface area contributed by atoms with Crippen molar-refractivity contribution in [1.82, 2.24) is 0 Å². The first kappa shape index (κ1) is 16.6. The minimum absolute atomic E-state index is 0.336. The van der Waals surface area contributed by atoms with E-state index >= 15 is 0 Å². The summed E-state index contributed by atoms with van der Waals surface area (Å²) in [7, 11) is 0. The van der Waals surface area contributed by atoms with Gasteiger partial charge in [0.25, 0.3) is 5.91 Å². The fourth-order valence-electron chi connectivity index (χ4n) is 2.97. The number of carbonyl (C=O) groups excluding carboxylic acids is 2. The standard InChI is InChI=1S/C17H9BrCl2N2O3/c18-8-2-1-3-10(6-8)22-16(23)13-14(21-25-15(13)17(22)24)11-5-4-9(19)7-12(11)20/h1-7,13,15H. The summed E-state index contributed by atoms with van der Waals surface area (Å²) in [5.41, 5.74) is 1.34. The van der Waals surface area contributed by atoms with Crippen LogP contribution in [0.15, 0.2) is 52.1 Å². The number of nitrogens with zero attached hydrogens (tertiary/aromatic N) is 2. The van der Waals surface area contributed by atoms with Gasteiger partial charge in [0.15, 0.2) is 0 Å². The molecule has 126 valence electrons. The largest absolute Gasteiger partial charge is 0.381 e. The summed E-state index contributed by atoms with van der Waals surface area (Å²) >= 11 is 15.5. The number of oxime groups is 1. The van der Waals surface area contributed by atoms with E-state index in [2.05, 4.69) is 21.1 Å². The molecule has 0 aromatic heterocycles. The molecule has 8 heteroatoms. The molecule has 0 aliphatic carbocycles. The van der Waals surface area contributed by atoms with Crippen LogP contribution in [0.1, 0.15) is 5.56 Å². The molecule has 2 aliphatic rings. The predicted octanol–water partition coefficient (Wildman–Crippen LogP) is 4.05. The molecule has 2 heterocycles. The molecule has 2 aromatic rings. The highest BCUT2D eigenvalue weighted by atomic mass is 79.9. The lowest BCUT2D eigenvalue weighted by Crippen LogP contribution is -2.33. The van der Waals surface area contributed by atoms with Crippen molar-refractivity contribution in [2.75, 3.05) is 4.90 Å². The summed E-state index contributed by atoms with van der Waals surface area (Å²) in [6.45, 7) is 0. The number of imide groups is 1. The number of hydrogen-bond acceptors (Lipinski definition) is 4. The fourth-order valence-corrected chi connectivity index (χ4v) is 3.86. The van der Waals surface area contributed by atoms with Crippen molar-refractivity contribution in [3.8, 4) is 0 Å². The first-order valence-corrected chi connectivity index (χ1v) is 8.85. The topological polar surface area (TPSA) is 59.0 Å². The number of halogens is 3. The molecule has 2 aliphatic heterocycles. The van der Waals surface area contributed by atoms with E-state index in [9.17, 15) is 9.59 Å². The van der Waals surface area contributed by atoms with Crippen molar-refractivity contribution in [2.45, 2.75) is 6.10 Å². The van der Waals surface area contributed by atoms with Crippen molar-refractivity contribution in [3.63, 3.8) is 0 Å². The number of hydrogen-bond donors (Lipinski definition) is 0. The summed E-state index contributed by atoms with van der Waals surface area (Å²) in [5.74, 6) is -1.67. The zero-order valence-electron chi connectivity index (χ0n) is 12.4. The van der Waals surface area contributed by atoms with Crippen molar-refractivity contribution in [2.24, 2.45) is 11.1 Å². The second-order valence-electron chi connectivity index (χ2n) is 5.60. The van der Waals surface area contributed by atoms with Gasteiger partial charge in [0.1, 0.15) is 11.6 Å². The first-order chi connectivity index (χ1) is 12.0. The molecular weight excluding hydrogens is 431 g/mol. The molecule has 0 N–H and O–H groups in total. The molecule has 5 nitrogen and oxygen atoms in total. The third kappa shape index (κ3) is 2.65. The number of anilines is 1. The molecule has 1 fully saturated rings. The van der Waals surface area contributed by atoms with Gasteiger partial charge in [-0.15, -0.1) is 0 Å². The van der Waals surface area contributed by atoms with Crippen LogP contribution in [0.2, 0.25) is 10.0 Å². The molecule has 2 aromatic carbocycles. The highest BCUT2D eigenvalue weighted by Crippen LogP contribution is 2.37. The van der Waals surface area contributed by atoms with Gasteiger partial charge in [-0.25, -0.2) is 4.90 Å². The van der Waals surface area contributed by atoms with E-state index in [4.69, 9.17) is 28.0 Å². The Hall–Kier alpha value is -1.89. The molecule has 0 saturated carbocycles. The Morgan fingerprint density at radius 2 is 1.88 bits per heavy atom. The summed E-state index contributed by atoms with van der Waals surface area (Å²) in [6.07, 6.45) is -0.978. The van der Waals surface area contributed by atoms with Gasteiger partial charge < -0.3 is 4.84 Å². The minimum Gasteiger partial charge on any atom is -0.381 e. The lowest BCUT2D eigenvalue weighted by molar-refractivity contribution is -0.126. The molecule has 0 bridgehead atoms. The van der Waals surface area contributed by atoms with Crippen LogP contribution in [-0.2, 0) is 14.4 Å². The summed E-state index contributed by atoms with van der Waals surface area (Å²) in [6, 6.07) is 11.8. The van der Waals surface area contributed by atoms with E-state index in [-0.39, 0.29) is 0 Å². The molecule has 1 saturated heterocycles. The van der Waals surface area contributed by atoms with Gasteiger partial charge in [0, 0.05) is 15.1 Å². The third-order valence-corrected chi connectivity index (χ3v) is 5.13. The zero-order valence-corrected chi connectivity index (χ0v) is 15.5. The molecule has 25 heavy (non-hydrogen) atoms. The Bertz CT molecular complexity index is 947. The van der Waals surface area contributed by atoms with Crippen molar-refractivity contribution < 1.29 is 14.4 Å². The van der Waals surface area contributed by atoms with Crippen molar-refractivity contribution in [3.05, 3.63) is 62.5 Å². The van der Waals surface area contributed by atoms with Gasteiger partial charge in [-0.1, -0.05) is 56.4 Å². The van der Waals surface area contributed by atoms with Gasteiger partial charge in [-0.3, -0.25) is 9.59 Å². The molecule has 2 atom stereocenters. The monoisotopic (exact) mass is 438 g/mol. The van der Waals surface area contributed by atoms with E-state index in [1.54, 1.807) is 36.4 Å². The van der Waals surface area contributed by atoms with Crippen LogP contribution >= 0.6 is 39.1 Å². The van der Waals surface area contributed by atoms with E-state index in [0.29, 0.717) is 27.0 Å². The number of carbonyl (C=O) groups is 2. The smallest absolute Gasteiger partial charge is 0.278 e. The molecular formula is C17H9BrCl2N2O3. The lowest BCUT2D eigenvalue weighted by Gasteiger charge is -2.15. The highest BCUT2D eigenvalue weighted by Gasteiger charge is 2.56. The number of amides is 2. The fraction of sp³-hybridized carbons (Fsp3) is 0.118. The Morgan fingerprint density at radius 1 is 1.08 bits per heavy atom. The Morgan fingerprint density at radius 3 is 2.60 bits per heavy atom. The maximum atomic E-state index is 12.9. The summed E-state index contributed by atoms with van der Waals surface area (Å²) in [5, 5.41) is 4.75. The van der Waals surface area contributed by atoms with Crippen molar-refractivity contribution in [1.29, 1.82) is 0 Å². The summed E-state index contributed by atoms with van der Waals surface area (Å²) in [4.78, 5) is 32.0. The van der Waals surface area contributed by atoms with Crippen LogP contribution in [0, 0.1) is 5.92 Å². The second kappa shape index (κ2) is 6.12. The Balaban J connectivity index is 1.73. The van der Waals surface area contributed by atoms with Gasteiger partial charge in [0.05, 0.1) is 10.7 Å². The van der Waals surface area contributed by atoms with Gasteiger partial charge >= 0.3 is 0 Å². The molecule has 0 radical (unpaired) electrons. The Labute approximate surface area is 161 Å². The molecule has 0 spiro atoms. The zero-order chi connectivity index (χ0) is 17.7. The van der Waals surface area contributed by atoms with Gasteiger partial charge in [-0.05, 0) is 30.3 Å². The average Bonchev–Trinajstić information content (AvgIpc) is 3.08. The van der Waals surface area contributed by atoms with Crippen LogP contribution in [-0.4, -0.2) is 23.6 Å². The minimum atomic E-state index is -0.978. The van der Waals surface area contributed by atoms with Gasteiger partial charge in [0.2, 0.25) is 12.0 Å². The predicted molar refractivity (Wildman–Crippen MR) is 98.0 cm³/mol. The summed E-state index contributed by atoms with van der Waals surface area (Å²) < 4.78 is 0.762. The van der Waals surface area contributed by atoms with Crippen LogP contribution in [0.4, 0.5) is 5.69 Å². The van der Waals surface area contributed by atoms with E-state index < -0.39 is 23.8 Å².